The number of nitrogens with one attached hydrogen (secondary N) is 1. The Morgan fingerprint density at radius 1 is 1.16 bits per heavy atom. The third-order valence-corrected chi connectivity index (χ3v) is 4.09. The molecule has 19 heavy (non-hydrogen) atoms. The van der Waals surface area contributed by atoms with Crippen molar-refractivity contribution < 1.29 is 14.7 Å². The zero-order valence-electron chi connectivity index (χ0n) is 10.5. The van der Waals surface area contributed by atoms with Gasteiger partial charge in [-0.15, -0.1) is 23.5 Å². The maximum absolute atomic E-state index is 11.5. The highest BCUT2D eigenvalue weighted by molar-refractivity contribution is 8.00. The van der Waals surface area contributed by atoms with E-state index in [1.807, 2.05) is 30.3 Å². The fraction of sp³-hybridized carbons (Fsp3) is 0.385. The van der Waals surface area contributed by atoms with Crippen LogP contribution in [0.5, 0.6) is 0 Å². The van der Waals surface area contributed by atoms with Crippen molar-refractivity contribution in [1.82, 2.24) is 5.32 Å². The van der Waals surface area contributed by atoms with Gasteiger partial charge < -0.3 is 10.4 Å². The fourth-order valence-electron chi connectivity index (χ4n) is 1.29. The maximum Gasteiger partial charge on any atom is 0.313 e. The first kappa shape index (κ1) is 15.9. The number of carbonyl (C=O) groups is 2. The number of carbonyl (C=O) groups excluding carboxylic acids is 1. The van der Waals surface area contributed by atoms with E-state index in [0.717, 1.165) is 10.6 Å². The molecular weight excluding hydrogens is 282 g/mol. The highest BCUT2D eigenvalue weighted by Gasteiger charge is 2.02. The maximum atomic E-state index is 11.5. The van der Waals surface area contributed by atoms with Gasteiger partial charge in [-0.25, -0.2) is 0 Å². The summed E-state index contributed by atoms with van der Waals surface area (Å²) >= 11 is 2.96. The molecule has 1 rings (SSSR count). The summed E-state index contributed by atoms with van der Waals surface area (Å²) in [6.07, 6.45) is 0.475. The van der Waals surface area contributed by atoms with E-state index >= 15 is 0 Å². The molecule has 2 N–H and O–H groups in total. The molecule has 4 nitrogen and oxygen atoms in total. The summed E-state index contributed by atoms with van der Waals surface area (Å²) in [5, 5.41) is 11.2. The molecule has 0 aliphatic heterocycles. The van der Waals surface area contributed by atoms with Crippen LogP contribution in [0, 0.1) is 0 Å². The smallest absolute Gasteiger partial charge is 0.313 e. The van der Waals surface area contributed by atoms with E-state index in [1.165, 1.54) is 11.8 Å². The first-order chi connectivity index (χ1) is 9.18. The molecule has 0 fully saturated rings. The van der Waals surface area contributed by atoms with Gasteiger partial charge in [-0.2, -0.15) is 0 Å². The molecule has 0 bridgehead atoms. The molecular formula is C13H17NO3S2. The largest absolute Gasteiger partial charge is 0.481 e. The number of carboxylic acid groups (broad SMARTS) is 1. The Morgan fingerprint density at radius 2 is 1.89 bits per heavy atom. The van der Waals surface area contributed by atoms with Gasteiger partial charge in [-0.3, -0.25) is 9.59 Å². The number of hydrogen-bond donors (Lipinski definition) is 2. The van der Waals surface area contributed by atoms with Crippen molar-refractivity contribution in [2.24, 2.45) is 0 Å². The molecule has 104 valence electrons. The van der Waals surface area contributed by atoms with Crippen LogP contribution in [0.15, 0.2) is 35.2 Å². The average molecular weight is 299 g/mol. The number of benzene rings is 1. The van der Waals surface area contributed by atoms with Gasteiger partial charge in [0.2, 0.25) is 5.91 Å². The normalized spacial score (nSPS) is 10.1. The summed E-state index contributed by atoms with van der Waals surface area (Å²) in [6, 6.07) is 9.95. The lowest BCUT2D eigenvalue weighted by molar-refractivity contribution is -0.133. The second-order valence-corrected chi connectivity index (χ2v) is 5.98. The molecule has 0 radical (unpaired) electrons. The third-order valence-electron chi connectivity index (χ3n) is 2.14. The third kappa shape index (κ3) is 8.56. The average Bonchev–Trinajstić information content (AvgIpc) is 2.39. The highest BCUT2D eigenvalue weighted by Crippen LogP contribution is 2.17. The predicted molar refractivity (Wildman–Crippen MR) is 79.8 cm³/mol. The minimum absolute atomic E-state index is 0.0133. The topological polar surface area (TPSA) is 66.4 Å². The van der Waals surface area contributed by atoms with Gasteiger partial charge in [-0.1, -0.05) is 18.2 Å². The van der Waals surface area contributed by atoms with Gasteiger partial charge in [0, 0.05) is 29.4 Å². The Morgan fingerprint density at radius 3 is 2.58 bits per heavy atom. The van der Waals surface area contributed by atoms with Gasteiger partial charge in [0.25, 0.3) is 0 Å². The molecule has 0 aliphatic rings. The van der Waals surface area contributed by atoms with Crippen molar-refractivity contribution in [2.45, 2.75) is 11.3 Å². The van der Waals surface area contributed by atoms with E-state index in [4.69, 9.17) is 5.11 Å². The van der Waals surface area contributed by atoms with Crippen molar-refractivity contribution in [3.05, 3.63) is 30.3 Å². The van der Waals surface area contributed by atoms with Gasteiger partial charge in [-0.05, 0) is 12.1 Å². The van der Waals surface area contributed by atoms with Crippen LogP contribution in [0.3, 0.4) is 0 Å². The van der Waals surface area contributed by atoms with E-state index in [9.17, 15) is 9.59 Å². The van der Waals surface area contributed by atoms with Crippen LogP contribution in [0.1, 0.15) is 6.42 Å². The molecule has 6 heteroatoms. The minimum atomic E-state index is -0.824. The van der Waals surface area contributed by atoms with Crippen LogP contribution in [-0.2, 0) is 9.59 Å². The van der Waals surface area contributed by atoms with Gasteiger partial charge >= 0.3 is 5.97 Å². The minimum Gasteiger partial charge on any atom is -0.481 e. The molecule has 0 aromatic heterocycles. The van der Waals surface area contributed by atoms with Crippen molar-refractivity contribution in [3.63, 3.8) is 0 Å². The van der Waals surface area contributed by atoms with Crippen LogP contribution in [-0.4, -0.2) is 40.8 Å². The second kappa shape index (κ2) is 9.75. The first-order valence-electron chi connectivity index (χ1n) is 5.92. The molecule has 0 saturated carbocycles. The monoisotopic (exact) mass is 299 g/mol. The number of amides is 1. The van der Waals surface area contributed by atoms with Gasteiger partial charge in [0.15, 0.2) is 0 Å². The molecule has 1 aromatic rings. The molecule has 1 aromatic carbocycles. The summed E-state index contributed by atoms with van der Waals surface area (Å²) in [5.41, 5.74) is 0. The molecule has 0 heterocycles. The highest BCUT2D eigenvalue weighted by atomic mass is 32.2. The van der Waals surface area contributed by atoms with Crippen LogP contribution >= 0.6 is 23.5 Å². The standard InChI is InChI=1S/C13H17NO3S2/c15-12(14-7-9-18-10-13(16)17)6-8-19-11-4-2-1-3-5-11/h1-5H,6-10H2,(H,14,15)(H,16,17). The van der Waals surface area contributed by atoms with Crippen LogP contribution in [0.25, 0.3) is 0 Å². The van der Waals surface area contributed by atoms with E-state index < -0.39 is 5.97 Å². The summed E-state index contributed by atoms with van der Waals surface area (Å²) in [5.74, 6) is 0.650. The predicted octanol–water partition coefficient (Wildman–Crippen LogP) is 2.10. The van der Waals surface area contributed by atoms with Gasteiger partial charge in [0.05, 0.1) is 5.75 Å². The molecule has 0 aliphatic carbocycles. The Bertz CT molecular complexity index is 398. The quantitative estimate of drug-likeness (QED) is 0.540. The Labute approximate surface area is 121 Å². The second-order valence-electron chi connectivity index (χ2n) is 3.71. The van der Waals surface area contributed by atoms with E-state index in [-0.39, 0.29) is 11.7 Å². The number of thioether (sulfide) groups is 2. The summed E-state index contributed by atoms with van der Waals surface area (Å²) in [7, 11) is 0. The number of aliphatic carboxylic acids is 1. The van der Waals surface area contributed by atoms with Crippen molar-refractivity contribution >= 4 is 35.4 Å². The molecule has 0 saturated heterocycles. The number of carboxylic acids is 1. The van der Waals surface area contributed by atoms with Crippen molar-refractivity contribution in [2.75, 3.05) is 23.8 Å². The lowest BCUT2D eigenvalue weighted by atomic mass is 10.4. The molecule has 1 amide bonds. The summed E-state index contributed by atoms with van der Waals surface area (Å²) < 4.78 is 0. The van der Waals surface area contributed by atoms with Crippen LogP contribution in [0.2, 0.25) is 0 Å². The lowest BCUT2D eigenvalue weighted by Gasteiger charge is -2.04. The number of hydrogen-bond acceptors (Lipinski definition) is 4. The number of rotatable bonds is 9. The fourth-order valence-corrected chi connectivity index (χ4v) is 2.73. The zero-order valence-corrected chi connectivity index (χ0v) is 12.1. The Balaban J connectivity index is 2.01. The van der Waals surface area contributed by atoms with E-state index in [0.29, 0.717) is 18.7 Å². The van der Waals surface area contributed by atoms with Crippen LogP contribution in [0.4, 0.5) is 0 Å². The molecule has 0 spiro atoms. The Hall–Kier alpha value is -1.14. The summed E-state index contributed by atoms with van der Waals surface area (Å²) in [6.45, 7) is 0.521. The van der Waals surface area contributed by atoms with Crippen molar-refractivity contribution in [1.29, 1.82) is 0 Å². The van der Waals surface area contributed by atoms with Crippen molar-refractivity contribution in [3.8, 4) is 0 Å². The van der Waals surface area contributed by atoms with Crippen LogP contribution < -0.4 is 5.32 Å². The zero-order chi connectivity index (χ0) is 13.9. The SMILES string of the molecule is O=C(O)CSCCNC(=O)CCSc1ccccc1. The van der Waals surface area contributed by atoms with E-state index in [2.05, 4.69) is 5.32 Å². The Kier molecular flexibility index (Phi) is 8.16. The summed E-state index contributed by atoms with van der Waals surface area (Å²) in [4.78, 5) is 22.9. The lowest BCUT2D eigenvalue weighted by Crippen LogP contribution is -2.26. The van der Waals surface area contributed by atoms with Gasteiger partial charge in [0.1, 0.15) is 0 Å². The first-order valence-corrected chi connectivity index (χ1v) is 8.06. The molecule has 0 unspecified atom stereocenters. The van der Waals surface area contributed by atoms with E-state index in [1.54, 1.807) is 11.8 Å². The molecule has 0 atom stereocenters.